The Morgan fingerprint density at radius 2 is 1.94 bits per heavy atom. The molecule has 1 aromatic carbocycles. The van der Waals surface area contributed by atoms with Crippen LogP contribution in [0.1, 0.15) is 26.3 Å². The monoisotopic (exact) mass is 318 g/mol. The first-order valence-electron chi connectivity index (χ1n) is 5.78. The Morgan fingerprint density at radius 1 is 1.24 bits per heavy atom. The lowest BCUT2D eigenvalue weighted by atomic mass is 10.1. The van der Waals surface area contributed by atoms with E-state index in [0.717, 1.165) is 29.1 Å². The first-order chi connectivity index (χ1) is 7.88. The Kier molecular flexibility index (Phi) is 5.93. The third-order valence-electron chi connectivity index (χ3n) is 2.27. The molecule has 0 amide bonds. The highest BCUT2D eigenvalue weighted by Crippen LogP contribution is 2.22. The van der Waals surface area contributed by atoms with E-state index in [1.54, 1.807) is 0 Å². The summed E-state index contributed by atoms with van der Waals surface area (Å²) in [5.41, 5.74) is 1.42. The molecule has 0 bridgehead atoms. The minimum atomic E-state index is 0.185. The second kappa shape index (κ2) is 6.74. The van der Waals surface area contributed by atoms with Gasteiger partial charge in [-0.25, -0.2) is 0 Å². The molecule has 0 fully saturated rings. The van der Waals surface area contributed by atoms with Crippen molar-refractivity contribution in [2.24, 2.45) is 0 Å². The summed E-state index contributed by atoms with van der Waals surface area (Å²) in [6.45, 7) is 9.30. The van der Waals surface area contributed by atoms with Crippen LogP contribution in [0.4, 0.5) is 0 Å². The fourth-order valence-corrected chi connectivity index (χ4v) is 1.95. The average molecular weight is 320 g/mol. The van der Waals surface area contributed by atoms with Crippen molar-refractivity contribution in [1.82, 2.24) is 10.6 Å². The Labute approximate surface area is 117 Å². The Hall–Kier alpha value is -0.0900. The molecule has 0 saturated heterocycles. The number of rotatable bonds is 5. The van der Waals surface area contributed by atoms with E-state index in [1.165, 1.54) is 5.56 Å². The molecular weight excluding hydrogens is 300 g/mol. The SMILES string of the molecule is CC(C)(C)NCCNCc1ccc(Cl)c(Br)c1. The van der Waals surface area contributed by atoms with Crippen molar-refractivity contribution in [3.63, 3.8) is 0 Å². The van der Waals surface area contributed by atoms with Gasteiger partial charge >= 0.3 is 0 Å². The van der Waals surface area contributed by atoms with Gasteiger partial charge in [0.1, 0.15) is 0 Å². The molecule has 0 aromatic heterocycles. The van der Waals surface area contributed by atoms with Crippen molar-refractivity contribution < 1.29 is 0 Å². The molecule has 17 heavy (non-hydrogen) atoms. The standard InChI is InChI=1S/C13H20BrClN2/c1-13(2,3)17-7-6-16-9-10-4-5-12(15)11(14)8-10/h4-5,8,16-17H,6-7,9H2,1-3H3. The Bertz CT molecular complexity index is 361. The van der Waals surface area contributed by atoms with Crippen molar-refractivity contribution in [2.75, 3.05) is 13.1 Å². The maximum absolute atomic E-state index is 5.94. The van der Waals surface area contributed by atoms with Crippen LogP contribution in [-0.4, -0.2) is 18.6 Å². The minimum Gasteiger partial charge on any atom is -0.311 e. The highest BCUT2D eigenvalue weighted by molar-refractivity contribution is 9.10. The fraction of sp³-hybridized carbons (Fsp3) is 0.538. The third-order valence-corrected chi connectivity index (χ3v) is 3.48. The molecule has 2 nitrogen and oxygen atoms in total. The van der Waals surface area contributed by atoms with Crippen molar-refractivity contribution in [3.8, 4) is 0 Å². The summed E-state index contributed by atoms with van der Waals surface area (Å²) in [5, 5.41) is 7.58. The normalized spacial score (nSPS) is 11.8. The van der Waals surface area contributed by atoms with Gasteiger partial charge in [-0.3, -0.25) is 0 Å². The molecule has 0 aliphatic rings. The number of hydrogen-bond acceptors (Lipinski definition) is 2. The van der Waals surface area contributed by atoms with Gasteiger partial charge < -0.3 is 10.6 Å². The summed E-state index contributed by atoms with van der Waals surface area (Å²) in [5.74, 6) is 0. The Balaban J connectivity index is 2.25. The zero-order valence-electron chi connectivity index (χ0n) is 10.6. The molecule has 0 aliphatic heterocycles. The molecule has 0 radical (unpaired) electrons. The van der Waals surface area contributed by atoms with E-state index in [-0.39, 0.29) is 5.54 Å². The van der Waals surface area contributed by atoms with Crippen LogP contribution in [0.5, 0.6) is 0 Å². The summed E-state index contributed by atoms with van der Waals surface area (Å²) >= 11 is 9.36. The van der Waals surface area contributed by atoms with Gasteiger partial charge in [0.05, 0.1) is 5.02 Å². The van der Waals surface area contributed by atoms with Crippen LogP contribution in [-0.2, 0) is 6.54 Å². The maximum atomic E-state index is 5.94. The van der Waals surface area contributed by atoms with Crippen LogP contribution in [0, 0.1) is 0 Å². The molecule has 0 unspecified atom stereocenters. The first kappa shape index (κ1) is 15.0. The topological polar surface area (TPSA) is 24.1 Å². The number of halogens is 2. The van der Waals surface area contributed by atoms with Gasteiger partial charge in [0.15, 0.2) is 0 Å². The molecule has 0 atom stereocenters. The lowest BCUT2D eigenvalue weighted by molar-refractivity contribution is 0.421. The smallest absolute Gasteiger partial charge is 0.0548 e. The molecule has 4 heteroatoms. The van der Waals surface area contributed by atoms with Crippen molar-refractivity contribution >= 4 is 27.5 Å². The highest BCUT2D eigenvalue weighted by atomic mass is 79.9. The number of hydrogen-bond donors (Lipinski definition) is 2. The molecule has 1 aromatic rings. The van der Waals surface area contributed by atoms with E-state index >= 15 is 0 Å². The van der Waals surface area contributed by atoms with Gasteiger partial charge in [0.25, 0.3) is 0 Å². The summed E-state index contributed by atoms with van der Waals surface area (Å²) in [7, 11) is 0. The predicted molar refractivity (Wildman–Crippen MR) is 78.6 cm³/mol. The summed E-state index contributed by atoms with van der Waals surface area (Å²) in [4.78, 5) is 0. The molecular formula is C13H20BrClN2. The largest absolute Gasteiger partial charge is 0.311 e. The van der Waals surface area contributed by atoms with Crippen molar-refractivity contribution in [2.45, 2.75) is 32.9 Å². The van der Waals surface area contributed by atoms with Crippen molar-refractivity contribution in [3.05, 3.63) is 33.3 Å². The van der Waals surface area contributed by atoms with E-state index in [4.69, 9.17) is 11.6 Å². The second-order valence-electron chi connectivity index (χ2n) is 5.10. The summed E-state index contributed by atoms with van der Waals surface area (Å²) in [6.07, 6.45) is 0. The van der Waals surface area contributed by atoms with Crippen molar-refractivity contribution in [1.29, 1.82) is 0 Å². The van der Waals surface area contributed by atoms with Crippen LogP contribution in [0.3, 0.4) is 0 Å². The van der Waals surface area contributed by atoms with Gasteiger partial charge in [-0.2, -0.15) is 0 Å². The van der Waals surface area contributed by atoms with Crippen LogP contribution in [0.2, 0.25) is 5.02 Å². The molecule has 2 N–H and O–H groups in total. The zero-order chi connectivity index (χ0) is 12.9. The molecule has 1 rings (SSSR count). The van der Waals surface area contributed by atoms with E-state index in [9.17, 15) is 0 Å². The second-order valence-corrected chi connectivity index (χ2v) is 6.36. The lowest BCUT2D eigenvalue weighted by Gasteiger charge is -2.20. The molecule has 0 heterocycles. The Morgan fingerprint density at radius 3 is 2.53 bits per heavy atom. The quantitative estimate of drug-likeness (QED) is 0.811. The predicted octanol–water partition coefficient (Wildman–Crippen LogP) is 3.58. The molecule has 0 spiro atoms. The van der Waals surface area contributed by atoms with E-state index < -0.39 is 0 Å². The highest BCUT2D eigenvalue weighted by Gasteiger charge is 2.06. The summed E-state index contributed by atoms with van der Waals surface area (Å²) in [6, 6.07) is 6.00. The summed E-state index contributed by atoms with van der Waals surface area (Å²) < 4.78 is 0.950. The third kappa shape index (κ3) is 6.41. The van der Waals surface area contributed by atoms with E-state index in [0.29, 0.717) is 0 Å². The molecule has 96 valence electrons. The number of benzene rings is 1. The van der Waals surface area contributed by atoms with E-state index in [2.05, 4.69) is 47.3 Å². The lowest BCUT2D eigenvalue weighted by Crippen LogP contribution is -2.40. The molecule has 0 saturated carbocycles. The van der Waals surface area contributed by atoms with Crippen LogP contribution < -0.4 is 10.6 Å². The maximum Gasteiger partial charge on any atom is 0.0548 e. The van der Waals surface area contributed by atoms with Gasteiger partial charge in [0, 0.05) is 29.6 Å². The first-order valence-corrected chi connectivity index (χ1v) is 6.95. The average Bonchev–Trinajstić information content (AvgIpc) is 2.21. The van der Waals surface area contributed by atoms with Gasteiger partial charge in [-0.1, -0.05) is 17.7 Å². The van der Waals surface area contributed by atoms with Crippen LogP contribution in [0.25, 0.3) is 0 Å². The number of nitrogens with one attached hydrogen (secondary N) is 2. The fourth-order valence-electron chi connectivity index (χ4n) is 1.41. The molecule has 0 aliphatic carbocycles. The zero-order valence-corrected chi connectivity index (χ0v) is 13.0. The van der Waals surface area contributed by atoms with Crippen LogP contribution >= 0.6 is 27.5 Å². The van der Waals surface area contributed by atoms with Crippen LogP contribution in [0.15, 0.2) is 22.7 Å². The van der Waals surface area contributed by atoms with Gasteiger partial charge in [-0.15, -0.1) is 0 Å². The van der Waals surface area contributed by atoms with Gasteiger partial charge in [-0.05, 0) is 54.4 Å². The minimum absolute atomic E-state index is 0.185. The van der Waals surface area contributed by atoms with E-state index in [1.807, 2.05) is 18.2 Å². The van der Waals surface area contributed by atoms with Gasteiger partial charge in [0.2, 0.25) is 0 Å².